The molecule has 2 N–H and O–H groups in total. The van der Waals surface area contributed by atoms with Crippen LogP contribution >= 0.6 is 0 Å². The van der Waals surface area contributed by atoms with Crippen molar-refractivity contribution in [2.45, 2.75) is 95.5 Å². The van der Waals surface area contributed by atoms with Crippen LogP contribution in [0.2, 0.25) is 0 Å². The van der Waals surface area contributed by atoms with E-state index < -0.39 is 58.6 Å². The first kappa shape index (κ1) is 38.2. The van der Waals surface area contributed by atoms with Crippen LogP contribution < -0.4 is 15.4 Å². The van der Waals surface area contributed by atoms with Crippen LogP contribution in [0.4, 0.5) is 10.5 Å². The molecule has 1 unspecified atom stereocenters. The summed E-state index contributed by atoms with van der Waals surface area (Å²) in [5.41, 5.74) is 0.363. The molecule has 1 aliphatic heterocycles. The van der Waals surface area contributed by atoms with Crippen molar-refractivity contribution in [3.63, 3.8) is 0 Å². The zero-order valence-electron chi connectivity index (χ0n) is 30.8. The third-order valence-corrected chi connectivity index (χ3v) is 10.5. The lowest BCUT2D eigenvalue weighted by Crippen LogP contribution is -2.58. The van der Waals surface area contributed by atoms with Crippen LogP contribution in [0.1, 0.15) is 65.7 Å². The Morgan fingerprint density at radius 3 is 2.48 bits per heavy atom. The highest BCUT2D eigenvalue weighted by molar-refractivity contribution is 5.97. The van der Waals surface area contributed by atoms with Gasteiger partial charge in [0.15, 0.2) is 0 Å². The second-order valence-corrected chi connectivity index (χ2v) is 14.5. The summed E-state index contributed by atoms with van der Waals surface area (Å²) in [7, 11) is 0. The van der Waals surface area contributed by atoms with Crippen LogP contribution in [0.15, 0.2) is 67.3 Å². The van der Waals surface area contributed by atoms with Gasteiger partial charge in [0, 0.05) is 41.5 Å². The minimum Gasteiger partial charge on any atom is -0.488 e. The van der Waals surface area contributed by atoms with E-state index >= 15 is 0 Å². The number of esters is 1. The Kier molecular flexibility index (Phi) is 11.5. The Balaban J connectivity index is 1.37. The predicted molar refractivity (Wildman–Crippen MR) is 199 cm³/mol. The Bertz CT molecular complexity index is 1910. The lowest BCUT2D eigenvalue weighted by molar-refractivity contribution is -0.384. The van der Waals surface area contributed by atoms with E-state index in [0.29, 0.717) is 41.6 Å². The van der Waals surface area contributed by atoms with Crippen molar-refractivity contribution in [1.82, 2.24) is 20.5 Å². The molecule has 3 amide bonds. The number of likely N-dealkylation sites (tertiary alicyclic amines) is 1. The molecule has 2 aromatic carbocycles. The van der Waals surface area contributed by atoms with Gasteiger partial charge in [-0.1, -0.05) is 55.7 Å². The maximum absolute atomic E-state index is 14.7. The van der Waals surface area contributed by atoms with Gasteiger partial charge >= 0.3 is 12.1 Å². The van der Waals surface area contributed by atoms with Gasteiger partial charge in [-0.05, 0) is 52.0 Å². The normalized spacial score (nSPS) is 23.0. The number of nitrogens with zero attached hydrogens (tertiary/aromatic N) is 3. The minimum atomic E-state index is -1.31. The first-order chi connectivity index (χ1) is 25.9. The van der Waals surface area contributed by atoms with E-state index in [1.807, 2.05) is 30.3 Å². The Morgan fingerprint density at radius 1 is 1.09 bits per heavy atom. The van der Waals surface area contributed by atoms with Gasteiger partial charge in [-0.3, -0.25) is 19.7 Å². The highest BCUT2D eigenvalue weighted by atomic mass is 16.6. The molecule has 0 radical (unpaired) electrons. The van der Waals surface area contributed by atoms with Gasteiger partial charge in [0.2, 0.25) is 11.8 Å². The van der Waals surface area contributed by atoms with E-state index in [2.05, 4.69) is 17.2 Å². The smallest absolute Gasteiger partial charge is 0.408 e. The number of carbonyl (C=O) groups excluding carboxylic acids is 4. The maximum atomic E-state index is 14.7. The number of rotatable bonds is 13. The number of amides is 3. The number of hydrogen-bond donors (Lipinski definition) is 2. The summed E-state index contributed by atoms with van der Waals surface area (Å²) in [5, 5.41) is 17.9. The van der Waals surface area contributed by atoms with Crippen LogP contribution in [0.5, 0.6) is 5.75 Å². The molecule has 3 aliphatic rings. The van der Waals surface area contributed by atoms with Crippen molar-refractivity contribution in [3.8, 4) is 17.0 Å². The molecule has 0 bridgehead atoms. The van der Waals surface area contributed by atoms with Crippen LogP contribution in [-0.2, 0) is 23.9 Å². The third-order valence-electron chi connectivity index (χ3n) is 10.5. The van der Waals surface area contributed by atoms with Gasteiger partial charge in [0.05, 0.1) is 35.4 Å². The molecular weight excluding hydrogens is 694 g/mol. The summed E-state index contributed by atoms with van der Waals surface area (Å²) >= 11 is 0. The third kappa shape index (κ3) is 8.17. The number of nitro benzene ring substituents is 1. The SMILES string of the molecule is C=C[C@H]1C[C@]1(NC(=O)[C@@H]1CC(Oc2cc(-c3ccccc3)nc3ccc([N+](=O)[O-])cc23)CN1C(=O)[C@@H](NC(=O)OC(C)C)C1CCCCC1)C(=O)OCC. The fourth-order valence-electron chi connectivity index (χ4n) is 7.67. The molecule has 286 valence electrons. The Hall–Kier alpha value is -5.53. The molecule has 14 nitrogen and oxygen atoms in total. The average Bonchev–Trinajstić information content (AvgIpc) is 3.72. The fourth-order valence-corrected chi connectivity index (χ4v) is 7.67. The number of non-ortho nitro benzene ring substituents is 1. The first-order valence-corrected chi connectivity index (χ1v) is 18.6. The number of carbonyl (C=O) groups is 4. The van der Waals surface area contributed by atoms with Crippen molar-refractivity contribution >= 4 is 40.5 Å². The van der Waals surface area contributed by atoms with E-state index in [1.165, 1.54) is 17.0 Å². The highest BCUT2D eigenvalue weighted by Crippen LogP contribution is 2.46. The standard InChI is InChI=1S/C40H47N5O9/c1-5-27-22-40(27,38(48)52-6-2)43-36(46)33-20-29(23-44(33)37(47)35(26-15-11-8-12-16-26)42-39(49)53-24(3)4)54-34-21-32(25-13-9-7-10-14-25)41-31-18-17-28(45(50)51)19-30(31)34/h5,7,9-10,13-14,17-19,21,24,26-27,29,33,35H,1,6,8,11-12,15-16,20,22-23H2,2-4H3,(H,42,49)(H,43,46)/t27-,29?,33-,35-,40+/m0/s1. The monoisotopic (exact) mass is 741 g/mol. The van der Waals surface area contributed by atoms with Crippen molar-refractivity contribution in [3.05, 3.63) is 77.4 Å². The van der Waals surface area contributed by atoms with Gasteiger partial charge < -0.3 is 29.7 Å². The summed E-state index contributed by atoms with van der Waals surface area (Å²) in [5.74, 6) is -1.86. The largest absolute Gasteiger partial charge is 0.488 e. The Morgan fingerprint density at radius 2 is 1.83 bits per heavy atom. The number of aromatic nitrogens is 1. The second-order valence-electron chi connectivity index (χ2n) is 14.5. The van der Waals surface area contributed by atoms with Crippen LogP contribution in [0, 0.1) is 22.0 Å². The van der Waals surface area contributed by atoms with Gasteiger partial charge in [-0.15, -0.1) is 6.58 Å². The molecule has 2 heterocycles. The summed E-state index contributed by atoms with van der Waals surface area (Å²) in [6.45, 7) is 9.01. The summed E-state index contributed by atoms with van der Waals surface area (Å²) in [4.78, 5) is 72.6. The number of nitrogens with one attached hydrogen (secondary N) is 2. The Labute approximate surface area is 313 Å². The molecule has 0 spiro atoms. The molecule has 5 atom stereocenters. The van der Waals surface area contributed by atoms with E-state index in [9.17, 15) is 29.3 Å². The van der Waals surface area contributed by atoms with Crippen LogP contribution in [0.3, 0.4) is 0 Å². The van der Waals surface area contributed by atoms with Gasteiger partial charge in [0.1, 0.15) is 29.5 Å². The molecule has 2 aliphatic carbocycles. The van der Waals surface area contributed by atoms with Crippen molar-refractivity contribution in [2.75, 3.05) is 13.2 Å². The summed E-state index contributed by atoms with van der Waals surface area (Å²) in [6, 6.07) is 13.4. The summed E-state index contributed by atoms with van der Waals surface area (Å²) in [6.07, 6.45) is 4.24. The van der Waals surface area contributed by atoms with Gasteiger partial charge in [-0.2, -0.15) is 0 Å². The van der Waals surface area contributed by atoms with E-state index in [1.54, 1.807) is 39.0 Å². The van der Waals surface area contributed by atoms with Crippen molar-refractivity contribution in [2.24, 2.45) is 11.8 Å². The number of nitro groups is 1. The highest BCUT2D eigenvalue weighted by Gasteiger charge is 2.62. The number of alkyl carbamates (subject to hydrolysis) is 1. The fraction of sp³-hybridized carbons (Fsp3) is 0.475. The first-order valence-electron chi connectivity index (χ1n) is 18.6. The lowest BCUT2D eigenvalue weighted by atomic mass is 9.83. The zero-order chi connectivity index (χ0) is 38.6. The molecule has 14 heteroatoms. The van der Waals surface area contributed by atoms with Crippen LogP contribution in [-0.4, -0.2) is 81.7 Å². The topological polar surface area (TPSA) is 179 Å². The van der Waals surface area contributed by atoms with Crippen molar-refractivity contribution < 1.29 is 38.3 Å². The predicted octanol–water partition coefficient (Wildman–Crippen LogP) is 5.87. The number of fused-ring (bicyclic) bond motifs is 1. The van der Waals surface area contributed by atoms with E-state index in [-0.39, 0.29) is 37.1 Å². The summed E-state index contributed by atoms with van der Waals surface area (Å²) < 4.78 is 17.3. The van der Waals surface area contributed by atoms with Gasteiger partial charge in [-0.25, -0.2) is 14.6 Å². The molecule has 54 heavy (non-hydrogen) atoms. The molecule has 3 fully saturated rings. The lowest BCUT2D eigenvalue weighted by Gasteiger charge is -2.34. The quantitative estimate of drug-likeness (QED) is 0.0932. The number of ether oxygens (including phenoxy) is 3. The molecular formula is C40H47N5O9. The maximum Gasteiger partial charge on any atom is 0.408 e. The number of hydrogen-bond acceptors (Lipinski definition) is 10. The van der Waals surface area contributed by atoms with E-state index in [4.69, 9.17) is 19.2 Å². The van der Waals surface area contributed by atoms with Crippen LogP contribution in [0.25, 0.3) is 22.2 Å². The second kappa shape index (κ2) is 16.2. The van der Waals surface area contributed by atoms with Crippen molar-refractivity contribution in [1.29, 1.82) is 0 Å². The molecule has 1 saturated heterocycles. The number of pyridine rings is 1. The molecule has 1 aromatic heterocycles. The van der Waals surface area contributed by atoms with Gasteiger partial charge in [0.25, 0.3) is 5.69 Å². The zero-order valence-corrected chi connectivity index (χ0v) is 30.8. The average molecular weight is 742 g/mol. The number of benzene rings is 2. The minimum absolute atomic E-state index is 0.0302. The van der Waals surface area contributed by atoms with E-state index in [0.717, 1.165) is 24.8 Å². The molecule has 3 aromatic rings. The molecule has 2 saturated carbocycles. The molecule has 6 rings (SSSR count).